The average molecular weight is 374 g/mol. The third-order valence-corrected chi connectivity index (χ3v) is 5.13. The van der Waals surface area contributed by atoms with Crippen LogP contribution in [0.3, 0.4) is 0 Å². The molecule has 0 aliphatic carbocycles. The van der Waals surface area contributed by atoms with Crippen LogP contribution in [-0.2, 0) is 19.1 Å². The summed E-state index contributed by atoms with van der Waals surface area (Å²) >= 11 is 0. The first-order valence-electron chi connectivity index (χ1n) is 9.51. The van der Waals surface area contributed by atoms with Crippen molar-refractivity contribution in [3.05, 3.63) is 24.4 Å². The number of amides is 2. The fraction of sp³-hybridized carbons (Fsp3) is 0.579. The highest BCUT2D eigenvalue weighted by Gasteiger charge is 2.33. The first kappa shape index (κ1) is 19.1. The molecule has 0 radical (unpaired) electrons. The van der Waals surface area contributed by atoms with E-state index in [2.05, 4.69) is 9.88 Å². The monoisotopic (exact) mass is 374 g/mol. The van der Waals surface area contributed by atoms with Gasteiger partial charge < -0.3 is 19.4 Å². The number of nitrogens with zero attached hydrogens (tertiary/aromatic N) is 4. The van der Waals surface area contributed by atoms with E-state index in [1.165, 1.54) is 0 Å². The Morgan fingerprint density at radius 2 is 1.63 bits per heavy atom. The van der Waals surface area contributed by atoms with Gasteiger partial charge in [0, 0.05) is 45.5 Å². The topological polar surface area (TPSA) is 83.0 Å². The summed E-state index contributed by atoms with van der Waals surface area (Å²) in [6, 6.07) is 5.74. The second-order valence-corrected chi connectivity index (χ2v) is 6.79. The zero-order chi connectivity index (χ0) is 19.2. The van der Waals surface area contributed by atoms with E-state index in [4.69, 9.17) is 4.74 Å². The quantitative estimate of drug-likeness (QED) is 0.567. The van der Waals surface area contributed by atoms with Crippen LogP contribution in [0, 0.1) is 5.92 Å². The number of hydrogen-bond donors (Lipinski definition) is 0. The Bertz CT molecular complexity index is 666. The molecule has 0 bridgehead atoms. The largest absolute Gasteiger partial charge is 0.466 e. The Balaban J connectivity index is 1.47. The van der Waals surface area contributed by atoms with Gasteiger partial charge in [0.25, 0.3) is 0 Å². The molecule has 8 nitrogen and oxygen atoms in total. The minimum Gasteiger partial charge on any atom is -0.466 e. The van der Waals surface area contributed by atoms with Gasteiger partial charge in [-0.1, -0.05) is 6.07 Å². The van der Waals surface area contributed by atoms with Crippen LogP contribution in [0.15, 0.2) is 24.4 Å². The summed E-state index contributed by atoms with van der Waals surface area (Å²) in [6.45, 7) is 5.29. The van der Waals surface area contributed by atoms with Crippen molar-refractivity contribution < 1.29 is 19.1 Å². The van der Waals surface area contributed by atoms with Crippen molar-refractivity contribution in [3.8, 4) is 0 Å². The normalized spacial score (nSPS) is 18.3. The molecule has 0 aromatic carbocycles. The first-order valence-corrected chi connectivity index (χ1v) is 9.51. The Kier molecular flexibility index (Phi) is 6.26. The Morgan fingerprint density at radius 1 is 1.00 bits per heavy atom. The van der Waals surface area contributed by atoms with Crippen molar-refractivity contribution in [3.63, 3.8) is 0 Å². The summed E-state index contributed by atoms with van der Waals surface area (Å²) in [4.78, 5) is 46.5. The van der Waals surface area contributed by atoms with Gasteiger partial charge >= 0.3 is 17.8 Å². The lowest BCUT2D eigenvalue weighted by atomic mass is 9.97. The predicted molar refractivity (Wildman–Crippen MR) is 99.0 cm³/mol. The lowest BCUT2D eigenvalue weighted by Crippen LogP contribution is -2.54. The number of carbonyl (C=O) groups is 3. The molecule has 0 spiro atoms. The van der Waals surface area contributed by atoms with Crippen LogP contribution >= 0.6 is 0 Å². The number of esters is 1. The summed E-state index contributed by atoms with van der Waals surface area (Å²) in [7, 11) is 0. The molecule has 27 heavy (non-hydrogen) atoms. The van der Waals surface area contributed by atoms with Crippen molar-refractivity contribution in [1.29, 1.82) is 0 Å². The van der Waals surface area contributed by atoms with E-state index in [0.29, 0.717) is 58.7 Å². The smallest absolute Gasteiger partial charge is 0.312 e. The van der Waals surface area contributed by atoms with Crippen molar-refractivity contribution in [2.24, 2.45) is 5.92 Å². The van der Waals surface area contributed by atoms with Gasteiger partial charge in [-0.05, 0) is 31.9 Å². The van der Waals surface area contributed by atoms with Crippen LogP contribution < -0.4 is 4.90 Å². The maximum atomic E-state index is 12.6. The Hall–Kier alpha value is -2.64. The van der Waals surface area contributed by atoms with Gasteiger partial charge in [0.1, 0.15) is 5.82 Å². The average Bonchev–Trinajstić information content (AvgIpc) is 2.74. The van der Waals surface area contributed by atoms with Crippen LogP contribution in [0.1, 0.15) is 19.8 Å². The zero-order valence-electron chi connectivity index (χ0n) is 15.7. The molecule has 0 N–H and O–H groups in total. The van der Waals surface area contributed by atoms with Crippen molar-refractivity contribution in [1.82, 2.24) is 14.8 Å². The number of carbonyl (C=O) groups excluding carboxylic acids is 3. The van der Waals surface area contributed by atoms with Crippen LogP contribution in [-0.4, -0.2) is 78.4 Å². The van der Waals surface area contributed by atoms with Gasteiger partial charge in [-0.3, -0.25) is 14.4 Å². The van der Waals surface area contributed by atoms with E-state index in [-0.39, 0.29) is 11.9 Å². The van der Waals surface area contributed by atoms with Gasteiger partial charge in [-0.15, -0.1) is 0 Å². The molecule has 2 amide bonds. The highest BCUT2D eigenvalue weighted by molar-refractivity contribution is 6.35. The maximum Gasteiger partial charge on any atom is 0.312 e. The molecule has 2 saturated heterocycles. The minimum atomic E-state index is -0.469. The van der Waals surface area contributed by atoms with Crippen molar-refractivity contribution in [2.45, 2.75) is 19.8 Å². The molecular formula is C19H26N4O4. The zero-order valence-corrected chi connectivity index (χ0v) is 15.7. The molecule has 0 saturated carbocycles. The lowest BCUT2D eigenvalue weighted by Gasteiger charge is -2.36. The number of likely N-dealkylation sites (tertiary alicyclic amines) is 1. The molecule has 0 unspecified atom stereocenters. The highest BCUT2D eigenvalue weighted by atomic mass is 16.5. The number of rotatable bonds is 3. The molecule has 146 valence electrons. The fourth-order valence-corrected chi connectivity index (χ4v) is 3.53. The summed E-state index contributed by atoms with van der Waals surface area (Å²) in [5, 5.41) is 0. The van der Waals surface area contributed by atoms with E-state index in [1.54, 1.807) is 22.9 Å². The molecule has 8 heteroatoms. The standard InChI is InChI=1S/C19H26N4O4/c1-2-27-19(26)15-6-9-22(10-7-15)17(24)18(25)23-13-11-21(12-14-23)16-5-3-4-8-20-16/h3-5,8,15H,2,6-7,9-14H2,1H3. The highest BCUT2D eigenvalue weighted by Crippen LogP contribution is 2.19. The lowest BCUT2D eigenvalue weighted by molar-refractivity contribution is -0.155. The molecule has 2 aliphatic heterocycles. The number of piperazine rings is 1. The van der Waals surface area contributed by atoms with Crippen molar-refractivity contribution in [2.75, 3.05) is 50.8 Å². The second-order valence-electron chi connectivity index (χ2n) is 6.79. The van der Waals surface area contributed by atoms with Crippen LogP contribution in [0.2, 0.25) is 0 Å². The van der Waals surface area contributed by atoms with Crippen LogP contribution in [0.25, 0.3) is 0 Å². The second kappa shape index (κ2) is 8.83. The number of hydrogen-bond acceptors (Lipinski definition) is 6. The summed E-state index contributed by atoms with van der Waals surface area (Å²) in [5.41, 5.74) is 0. The number of pyridine rings is 1. The molecule has 1 aromatic rings. The Labute approximate surface area is 159 Å². The molecule has 2 aliphatic rings. The number of ether oxygens (including phenoxy) is 1. The summed E-state index contributed by atoms with van der Waals surface area (Å²) in [5.74, 6) is -0.418. The van der Waals surface area contributed by atoms with E-state index in [1.807, 2.05) is 18.2 Å². The first-order chi connectivity index (χ1) is 13.1. The predicted octanol–water partition coefficient (Wildman–Crippen LogP) is 0.532. The van der Waals surface area contributed by atoms with E-state index < -0.39 is 11.8 Å². The third kappa shape index (κ3) is 4.56. The van der Waals surface area contributed by atoms with Gasteiger partial charge in [-0.25, -0.2) is 4.98 Å². The number of anilines is 1. The molecule has 1 aromatic heterocycles. The fourth-order valence-electron chi connectivity index (χ4n) is 3.53. The SMILES string of the molecule is CCOC(=O)C1CCN(C(=O)C(=O)N2CCN(c3ccccn3)CC2)CC1. The molecule has 3 heterocycles. The minimum absolute atomic E-state index is 0.175. The van der Waals surface area contributed by atoms with Gasteiger partial charge in [0.2, 0.25) is 0 Å². The van der Waals surface area contributed by atoms with E-state index >= 15 is 0 Å². The number of aromatic nitrogens is 1. The summed E-state index contributed by atoms with van der Waals surface area (Å²) < 4.78 is 5.04. The molecule has 3 rings (SSSR count). The third-order valence-electron chi connectivity index (χ3n) is 5.13. The van der Waals surface area contributed by atoms with E-state index in [0.717, 1.165) is 5.82 Å². The maximum absolute atomic E-state index is 12.6. The Morgan fingerprint density at radius 3 is 2.19 bits per heavy atom. The number of piperidine rings is 1. The van der Waals surface area contributed by atoms with Crippen LogP contribution in [0.4, 0.5) is 5.82 Å². The van der Waals surface area contributed by atoms with Gasteiger partial charge in [0.15, 0.2) is 0 Å². The van der Waals surface area contributed by atoms with E-state index in [9.17, 15) is 14.4 Å². The summed E-state index contributed by atoms with van der Waals surface area (Å²) in [6.07, 6.45) is 2.84. The molecule has 0 atom stereocenters. The van der Waals surface area contributed by atoms with Crippen LogP contribution in [0.5, 0.6) is 0 Å². The molecular weight excluding hydrogens is 348 g/mol. The van der Waals surface area contributed by atoms with Gasteiger partial charge in [0.05, 0.1) is 12.5 Å². The van der Waals surface area contributed by atoms with Crippen molar-refractivity contribution >= 4 is 23.6 Å². The molecule has 2 fully saturated rings. The van der Waals surface area contributed by atoms with Gasteiger partial charge in [-0.2, -0.15) is 0 Å².